The monoisotopic (exact) mass is 248 g/mol. The van der Waals surface area contributed by atoms with E-state index in [4.69, 9.17) is 10.5 Å². The van der Waals surface area contributed by atoms with Crippen molar-refractivity contribution in [3.05, 3.63) is 35.9 Å². The summed E-state index contributed by atoms with van der Waals surface area (Å²) in [6.45, 7) is 5.02. The topological polar surface area (TPSA) is 38.5 Å². The first-order valence-electron chi connectivity index (χ1n) is 6.70. The minimum atomic E-state index is 0.0363. The lowest BCUT2D eigenvalue weighted by molar-refractivity contribution is 0.0802. The van der Waals surface area contributed by atoms with E-state index in [-0.39, 0.29) is 5.54 Å². The Balaban J connectivity index is 2.06. The highest BCUT2D eigenvalue weighted by atomic mass is 16.5. The second kappa shape index (κ2) is 5.83. The number of likely N-dealkylation sites (tertiary alicyclic amines) is 1. The van der Waals surface area contributed by atoms with E-state index < -0.39 is 0 Å². The van der Waals surface area contributed by atoms with Gasteiger partial charge in [-0.15, -0.1) is 0 Å². The highest BCUT2D eigenvalue weighted by Crippen LogP contribution is 2.25. The summed E-state index contributed by atoms with van der Waals surface area (Å²) >= 11 is 0. The average molecular weight is 248 g/mol. The third kappa shape index (κ3) is 2.91. The van der Waals surface area contributed by atoms with E-state index in [1.54, 1.807) is 7.11 Å². The Morgan fingerprint density at radius 3 is 2.67 bits per heavy atom. The van der Waals surface area contributed by atoms with Crippen LogP contribution in [-0.2, 0) is 11.2 Å². The molecule has 2 unspecified atom stereocenters. The lowest BCUT2D eigenvalue weighted by Crippen LogP contribution is -2.52. The summed E-state index contributed by atoms with van der Waals surface area (Å²) in [5.41, 5.74) is 7.43. The van der Waals surface area contributed by atoms with Gasteiger partial charge in [0.2, 0.25) is 0 Å². The van der Waals surface area contributed by atoms with Crippen LogP contribution in [-0.4, -0.2) is 43.3 Å². The Bertz CT molecular complexity index is 368. The lowest BCUT2D eigenvalue weighted by Gasteiger charge is -2.38. The van der Waals surface area contributed by atoms with Crippen molar-refractivity contribution in [1.29, 1.82) is 0 Å². The maximum atomic E-state index is 6.04. The first-order valence-corrected chi connectivity index (χ1v) is 6.70. The van der Waals surface area contributed by atoms with Crippen molar-refractivity contribution in [3.8, 4) is 0 Å². The van der Waals surface area contributed by atoms with E-state index in [9.17, 15) is 0 Å². The predicted octanol–water partition coefficient (Wildman–Crippen LogP) is 1.67. The summed E-state index contributed by atoms with van der Waals surface area (Å²) in [5.74, 6) is 0. The number of nitrogens with zero attached hydrogens (tertiary/aromatic N) is 1. The predicted molar refractivity (Wildman–Crippen MR) is 74.6 cm³/mol. The van der Waals surface area contributed by atoms with Gasteiger partial charge in [-0.25, -0.2) is 0 Å². The fourth-order valence-electron chi connectivity index (χ4n) is 2.76. The molecule has 18 heavy (non-hydrogen) atoms. The SMILES string of the molecule is COC1CCN(C(C)(CN)Cc2ccccc2)C1. The van der Waals surface area contributed by atoms with Crippen LogP contribution in [0.25, 0.3) is 0 Å². The first-order chi connectivity index (χ1) is 8.68. The standard InChI is InChI=1S/C15H24N2O/c1-15(12-16,10-13-6-4-3-5-7-13)17-9-8-14(11-17)18-2/h3-7,14H,8-12,16H2,1-2H3. The normalized spacial score (nSPS) is 24.1. The number of benzene rings is 1. The molecule has 1 aromatic rings. The number of hydrogen-bond donors (Lipinski definition) is 1. The molecule has 0 aromatic heterocycles. The number of rotatable bonds is 5. The Labute approximate surface area is 110 Å². The number of nitrogens with two attached hydrogens (primary N) is 1. The van der Waals surface area contributed by atoms with E-state index in [0.29, 0.717) is 12.6 Å². The maximum absolute atomic E-state index is 6.04. The Kier molecular flexibility index (Phi) is 4.38. The van der Waals surface area contributed by atoms with Gasteiger partial charge in [0.25, 0.3) is 0 Å². The summed E-state index contributed by atoms with van der Waals surface area (Å²) in [7, 11) is 1.80. The molecule has 1 fully saturated rings. The second-order valence-corrected chi connectivity index (χ2v) is 5.46. The van der Waals surface area contributed by atoms with Crippen LogP contribution < -0.4 is 5.73 Å². The highest BCUT2D eigenvalue weighted by molar-refractivity contribution is 5.18. The third-order valence-electron chi connectivity index (χ3n) is 4.11. The number of methoxy groups -OCH3 is 1. The zero-order valence-electron chi connectivity index (χ0n) is 11.4. The molecule has 0 spiro atoms. The fraction of sp³-hybridized carbons (Fsp3) is 0.600. The molecule has 3 heteroatoms. The molecule has 2 N–H and O–H groups in total. The van der Waals surface area contributed by atoms with Gasteiger partial charge in [-0.05, 0) is 25.3 Å². The van der Waals surface area contributed by atoms with Gasteiger partial charge in [0.05, 0.1) is 6.10 Å². The van der Waals surface area contributed by atoms with E-state index in [2.05, 4.69) is 42.2 Å². The third-order valence-corrected chi connectivity index (χ3v) is 4.11. The molecule has 0 radical (unpaired) electrons. The van der Waals surface area contributed by atoms with Crippen LogP contribution in [0.5, 0.6) is 0 Å². The van der Waals surface area contributed by atoms with Crippen LogP contribution in [0.2, 0.25) is 0 Å². The molecule has 1 aromatic carbocycles. The smallest absolute Gasteiger partial charge is 0.0710 e. The van der Waals surface area contributed by atoms with Gasteiger partial charge >= 0.3 is 0 Å². The molecule has 1 heterocycles. The molecular formula is C15H24N2O. The van der Waals surface area contributed by atoms with Crippen molar-refractivity contribution in [1.82, 2.24) is 4.90 Å². The Morgan fingerprint density at radius 2 is 2.11 bits per heavy atom. The van der Waals surface area contributed by atoms with Gasteiger partial charge in [-0.3, -0.25) is 4.90 Å². The van der Waals surface area contributed by atoms with Crippen LogP contribution in [0, 0.1) is 0 Å². The van der Waals surface area contributed by atoms with Crippen LogP contribution in [0.4, 0.5) is 0 Å². The van der Waals surface area contributed by atoms with Crippen LogP contribution in [0.15, 0.2) is 30.3 Å². The Hall–Kier alpha value is -0.900. The van der Waals surface area contributed by atoms with E-state index in [1.807, 2.05) is 0 Å². The molecule has 0 saturated carbocycles. The van der Waals surface area contributed by atoms with Crippen LogP contribution in [0.1, 0.15) is 18.9 Å². The molecule has 3 nitrogen and oxygen atoms in total. The molecule has 0 amide bonds. The van der Waals surface area contributed by atoms with Gasteiger partial charge in [0.15, 0.2) is 0 Å². The van der Waals surface area contributed by atoms with Crippen molar-refractivity contribution in [3.63, 3.8) is 0 Å². The van der Waals surface area contributed by atoms with Crippen molar-refractivity contribution in [2.24, 2.45) is 5.73 Å². The molecule has 2 rings (SSSR count). The lowest BCUT2D eigenvalue weighted by atomic mass is 9.91. The summed E-state index contributed by atoms with van der Waals surface area (Å²) in [4.78, 5) is 2.48. The number of hydrogen-bond acceptors (Lipinski definition) is 3. The molecule has 100 valence electrons. The zero-order valence-corrected chi connectivity index (χ0v) is 11.4. The van der Waals surface area contributed by atoms with Crippen LogP contribution >= 0.6 is 0 Å². The second-order valence-electron chi connectivity index (χ2n) is 5.46. The molecular weight excluding hydrogens is 224 g/mol. The summed E-state index contributed by atoms with van der Waals surface area (Å²) < 4.78 is 5.45. The molecule has 2 atom stereocenters. The van der Waals surface area contributed by atoms with Gasteiger partial charge in [0.1, 0.15) is 0 Å². The summed E-state index contributed by atoms with van der Waals surface area (Å²) in [5, 5.41) is 0. The van der Waals surface area contributed by atoms with Crippen molar-refractivity contribution < 1.29 is 4.74 Å². The van der Waals surface area contributed by atoms with E-state index in [0.717, 1.165) is 25.9 Å². The minimum Gasteiger partial charge on any atom is -0.380 e. The first kappa shape index (κ1) is 13.5. The zero-order chi connectivity index (χ0) is 13.0. The van der Waals surface area contributed by atoms with Gasteiger partial charge in [0, 0.05) is 32.3 Å². The highest BCUT2D eigenvalue weighted by Gasteiger charge is 2.36. The van der Waals surface area contributed by atoms with E-state index >= 15 is 0 Å². The summed E-state index contributed by atoms with van der Waals surface area (Å²) in [6.07, 6.45) is 2.48. The van der Waals surface area contributed by atoms with E-state index in [1.165, 1.54) is 5.56 Å². The molecule has 0 aliphatic carbocycles. The van der Waals surface area contributed by atoms with Crippen LogP contribution in [0.3, 0.4) is 0 Å². The summed E-state index contributed by atoms with van der Waals surface area (Å²) in [6, 6.07) is 10.6. The largest absolute Gasteiger partial charge is 0.380 e. The average Bonchev–Trinajstić information content (AvgIpc) is 2.89. The van der Waals surface area contributed by atoms with Crippen molar-refractivity contribution in [2.45, 2.75) is 31.4 Å². The quantitative estimate of drug-likeness (QED) is 0.861. The van der Waals surface area contributed by atoms with Gasteiger partial charge < -0.3 is 10.5 Å². The van der Waals surface area contributed by atoms with Gasteiger partial charge in [-0.1, -0.05) is 30.3 Å². The molecule has 1 aliphatic rings. The fourth-order valence-corrected chi connectivity index (χ4v) is 2.76. The number of ether oxygens (including phenoxy) is 1. The Morgan fingerprint density at radius 1 is 1.39 bits per heavy atom. The maximum Gasteiger partial charge on any atom is 0.0710 e. The van der Waals surface area contributed by atoms with Crippen molar-refractivity contribution in [2.75, 3.05) is 26.7 Å². The van der Waals surface area contributed by atoms with Crippen molar-refractivity contribution >= 4 is 0 Å². The van der Waals surface area contributed by atoms with Gasteiger partial charge in [-0.2, -0.15) is 0 Å². The molecule has 1 aliphatic heterocycles. The minimum absolute atomic E-state index is 0.0363. The molecule has 1 saturated heterocycles. The molecule has 0 bridgehead atoms.